The molecule has 0 N–H and O–H groups in total. The largest absolute Gasteiger partial charge is 0.454 e. The van der Waals surface area contributed by atoms with Gasteiger partial charge in [0.15, 0.2) is 11.5 Å². The number of nitrogens with zero attached hydrogens (tertiary/aromatic N) is 3. The fourth-order valence-electron chi connectivity index (χ4n) is 4.25. The van der Waals surface area contributed by atoms with E-state index in [2.05, 4.69) is 10.1 Å². The average Bonchev–Trinajstić information content (AvgIpc) is 3.56. The van der Waals surface area contributed by atoms with Crippen LogP contribution in [-0.2, 0) is 17.9 Å². The molecule has 1 saturated heterocycles. The second kappa shape index (κ2) is 9.44. The number of hydrogen-bond donors (Lipinski definition) is 0. The molecule has 3 aromatic rings. The van der Waals surface area contributed by atoms with E-state index in [4.69, 9.17) is 14.0 Å². The molecule has 2 aliphatic heterocycles. The molecule has 1 amide bonds. The van der Waals surface area contributed by atoms with Crippen molar-refractivity contribution >= 4 is 17.7 Å². The minimum Gasteiger partial charge on any atom is -0.454 e. The van der Waals surface area contributed by atoms with Gasteiger partial charge in [-0.15, -0.1) is 11.8 Å². The lowest BCUT2D eigenvalue weighted by Crippen LogP contribution is -2.43. The highest BCUT2D eigenvalue weighted by atomic mass is 32.2. The number of carbonyl (C=O) groups excluding carboxylic acids is 1. The number of benzene rings is 2. The van der Waals surface area contributed by atoms with Crippen LogP contribution in [0.15, 0.2) is 64.2 Å². The summed E-state index contributed by atoms with van der Waals surface area (Å²) in [6.45, 7) is 1.97. The second-order valence-electron chi connectivity index (χ2n) is 8.25. The number of rotatable bonds is 7. The molecule has 0 aliphatic carbocycles. The molecular weight excluding hydrogens is 445 g/mol. The number of fused-ring (bicyclic) bond motifs is 1. The van der Waals surface area contributed by atoms with Crippen LogP contribution in [0.2, 0.25) is 0 Å². The van der Waals surface area contributed by atoms with Gasteiger partial charge in [-0.25, -0.2) is 4.39 Å². The quantitative estimate of drug-likeness (QED) is 0.519. The van der Waals surface area contributed by atoms with Crippen molar-refractivity contribution in [2.75, 3.05) is 20.4 Å². The Kier molecular flexibility index (Phi) is 6.24. The first-order chi connectivity index (χ1) is 16.0. The summed E-state index contributed by atoms with van der Waals surface area (Å²) in [4.78, 5) is 18.3. The molecule has 0 radical (unpaired) electrons. The number of amides is 1. The summed E-state index contributed by atoms with van der Waals surface area (Å²) in [5, 5.41) is 4.13. The topological polar surface area (TPSA) is 68.0 Å². The van der Waals surface area contributed by atoms with Gasteiger partial charge in [-0.05, 0) is 48.4 Å². The van der Waals surface area contributed by atoms with Crippen LogP contribution in [0.25, 0.3) is 0 Å². The molecule has 3 heterocycles. The summed E-state index contributed by atoms with van der Waals surface area (Å²) < 4.78 is 29.1. The molecule has 172 valence electrons. The lowest BCUT2D eigenvalue weighted by atomic mass is 10.1. The lowest BCUT2D eigenvalue weighted by Gasteiger charge is -2.27. The van der Waals surface area contributed by atoms with Crippen molar-refractivity contribution < 1.29 is 23.2 Å². The fourth-order valence-corrected chi connectivity index (χ4v) is 5.48. The molecule has 1 aromatic heterocycles. The summed E-state index contributed by atoms with van der Waals surface area (Å²) in [5.74, 6) is 1.26. The standard InChI is InChI=1S/C24H24FN3O4S/c1-27(13-18-8-9-32-26-18)24(29)21-11-20(33-19-5-3-17(25)4-6-19)14-28(21)12-16-2-7-22-23(10-16)31-15-30-22/h2-10,20-21H,11-15H2,1H3/t20-,21+/m1/s1. The molecule has 33 heavy (non-hydrogen) atoms. The van der Waals surface area contributed by atoms with Crippen molar-refractivity contribution in [3.05, 3.63) is 71.9 Å². The zero-order chi connectivity index (χ0) is 22.8. The number of carbonyl (C=O) groups is 1. The predicted octanol–water partition coefficient (Wildman–Crippen LogP) is 3.94. The number of ether oxygens (including phenoxy) is 2. The normalized spacial score (nSPS) is 19.7. The summed E-state index contributed by atoms with van der Waals surface area (Å²) in [6.07, 6.45) is 2.21. The summed E-state index contributed by atoms with van der Waals surface area (Å²) in [7, 11) is 1.79. The molecule has 0 bridgehead atoms. The van der Waals surface area contributed by atoms with E-state index >= 15 is 0 Å². The van der Waals surface area contributed by atoms with Crippen molar-refractivity contribution in [1.82, 2.24) is 15.0 Å². The number of likely N-dealkylation sites (N-methyl/N-ethyl adjacent to an activating group) is 1. The molecule has 2 atom stereocenters. The van der Waals surface area contributed by atoms with E-state index in [0.717, 1.165) is 28.5 Å². The summed E-state index contributed by atoms with van der Waals surface area (Å²) in [6, 6.07) is 13.9. The van der Waals surface area contributed by atoms with Gasteiger partial charge in [-0.3, -0.25) is 9.69 Å². The molecule has 2 aliphatic rings. The molecule has 5 rings (SSSR count). The van der Waals surface area contributed by atoms with Gasteiger partial charge >= 0.3 is 0 Å². The van der Waals surface area contributed by atoms with Gasteiger partial charge < -0.3 is 18.9 Å². The van der Waals surface area contributed by atoms with E-state index in [1.165, 1.54) is 18.4 Å². The third-order valence-corrected chi connectivity index (χ3v) is 7.07. The fraction of sp³-hybridized carbons (Fsp3) is 0.333. The van der Waals surface area contributed by atoms with Crippen LogP contribution >= 0.6 is 11.8 Å². The van der Waals surface area contributed by atoms with Crippen LogP contribution in [0, 0.1) is 5.82 Å². The van der Waals surface area contributed by atoms with Gasteiger partial charge in [-0.1, -0.05) is 11.2 Å². The van der Waals surface area contributed by atoms with Crippen LogP contribution in [-0.4, -0.2) is 52.5 Å². The van der Waals surface area contributed by atoms with Gasteiger partial charge in [0.1, 0.15) is 17.8 Å². The third-order valence-electron chi connectivity index (χ3n) is 5.86. The molecule has 0 spiro atoms. The Balaban J connectivity index is 1.33. The number of hydrogen-bond acceptors (Lipinski definition) is 7. The Morgan fingerprint density at radius 1 is 1.18 bits per heavy atom. The maximum Gasteiger partial charge on any atom is 0.240 e. The van der Waals surface area contributed by atoms with Crippen molar-refractivity contribution in [2.24, 2.45) is 0 Å². The Hall–Kier alpha value is -3.04. The Labute approximate surface area is 195 Å². The minimum absolute atomic E-state index is 0.0425. The third kappa shape index (κ3) is 4.99. The summed E-state index contributed by atoms with van der Waals surface area (Å²) >= 11 is 1.68. The predicted molar refractivity (Wildman–Crippen MR) is 120 cm³/mol. The molecule has 2 aromatic carbocycles. The Morgan fingerprint density at radius 2 is 2.00 bits per heavy atom. The van der Waals surface area contributed by atoms with E-state index < -0.39 is 0 Å². The van der Waals surface area contributed by atoms with E-state index in [-0.39, 0.29) is 29.8 Å². The van der Waals surface area contributed by atoms with Gasteiger partial charge in [0.25, 0.3) is 0 Å². The van der Waals surface area contributed by atoms with Gasteiger partial charge in [0.05, 0.1) is 12.6 Å². The van der Waals surface area contributed by atoms with Crippen LogP contribution in [0.5, 0.6) is 11.5 Å². The maximum atomic E-state index is 13.4. The van der Waals surface area contributed by atoms with E-state index in [9.17, 15) is 9.18 Å². The van der Waals surface area contributed by atoms with Crippen molar-refractivity contribution in [3.8, 4) is 11.5 Å². The molecule has 0 saturated carbocycles. The monoisotopic (exact) mass is 469 g/mol. The Bertz CT molecular complexity index is 1110. The van der Waals surface area contributed by atoms with E-state index in [1.807, 2.05) is 18.2 Å². The molecule has 9 heteroatoms. The smallest absolute Gasteiger partial charge is 0.240 e. The minimum atomic E-state index is -0.273. The maximum absolute atomic E-state index is 13.4. The van der Waals surface area contributed by atoms with Crippen LogP contribution in [0.1, 0.15) is 17.7 Å². The van der Waals surface area contributed by atoms with Crippen molar-refractivity contribution in [1.29, 1.82) is 0 Å². The van der Waals surface area contributed by atoms with Crippen molar-refractivity contribution in [3.63, 3.8) is 0 Å². The first-order valence-corrected chi connectivity index (χ1v) is 11.6. The number of thioether (sulfide) groups is 1. The average molecular weight is 470 g/mol. The molecule has 1 fully saturated rings. The Morgan fingerprint density at radius 3 is 2.79 bits per heavy atom. The second-order valence-corrected chi connectivity index (χ2v) is 9.62. The van der Waals surface area contributed by atoms with Crippen LogP contribution in [0.3, 0.4) is 0 Å². The number of likely N-dealkylation sites (tertiary alicyclic amines) is 1. The van der Waals surface area contributed by atoms with Crippen LogP contribution < -0.4 is 9.47 Å². The molecular formula is C24H24FN3O4S. The number of aromatic nitrogens is 1. The first-order valence-electron chi connectivity index (χ1n) is 10.7. The van der Waals surface area contributed by atoms with Crippen molar-refractivity contribution in [2.45, 2.75) is 35.7 Å². The van der Waals surface area contributed by atoms with Gasteiger partial charge in [-0.2, -0.15) is 0 Å². The first kappa shape index (κ1) is 21.8. The highest BCUT2D eigenvalue weighted by molar-refractivity contribution is 8.00. The van der Waals surface area contributed by atoms with Crippen LogP contribution in [0.4, 0.5) is 4.39 Å². The zero-order valence-electron chi connectivity index (χ0n) is 18.1. The van der Waals surface area contributed by atoms with E-state index in [0.29, 0.717) is 25.2 Å². The summed E-state index contributed by atoms with van der Waals surface area (Å²) in [5.41, 5.74) is 1.77. The SMILES string of the molecule is CN(Cc1ccon1)C(=O)[C@@H]1C[C@@H](Sc2ccc(F)cc2)CN1Cc1ccc2c(c1)OCO2. The van der Waals surface area contributed by atoms with Gasteiger partial charge in [0.2, 0.25) is 12.7 Å². The lowest BCUT2D eigenvalue weighted by molar-refractivity contribution is -0.135. The van der Waals surface area contributed by atoms with E-state index in [1.54, 1.807) is 41.9 Å². The number of halogens is 1. The highest BCUT2D eigenvalue weighted by Crippen LogP contribution is 2.36. The zero-order valence-corrected chi connectivity index (χ0v) is 19.0. The molecule has 7 nitrogen and oxygen atoms in total. The molecule has 0 unspecified atom stereocenters. The van der Waals surface area contributed by atoms with Gasteiger partial charge in [0, 0.05) is 36.3 Å². The highest BCUT2D eigenvalue weighted by Gasteiger charge is 2.38.